The van der Waals surface area contributed by atoms with Crippen molar-refractivity contribution in [3.8, 4) is 51.7 Å². The van der Waals surface area contributed by atoms with Gasteiger partial charge in [-0.25, -0.2) is 0 Å². The minimum Gasteiger partial charge on any atom is -0.496 e. The van der Waals surface area contributed by atoms with E-state index in [4.69, 9.17) is 42.6 Å². The fourth-order valence-corrected chi connectivity index (χ4v) is 6.89. The minimum absolute atomic E-state index is 0.544. The summed E-state index contributed by atoms with van der Waals surface area (Å²) in [5.41, 5.74) is 0. The summed E-state index contributed by atoms with van der Waals surface area (Å²) in [6.07, 6.45) is 1.47. The molecule has 0 unspecified atom stereocenters. The second kappa shape index (κ2) is 15.2. The first kappa shape index (κ1) is 31.8. The molecule has 9 nitrogen and oxygen atoms in total. The molecule has 0 aliphatic rings. The fraction of sp³-hybridized carbons (Fsp3) is 0.357. The molecule has 0 N–H and O–H groups in total. The lowest BCUT2D eigenvalue weighted by Gasteiger charge is -2.29. The molecule has 214 valence electrons. The van der Waals surface area contributed by atoms with Crippen molar-refractivity contribution in [2.75, 3.05) is 70.4 Å². The summed E-state index contributed by atoms with van der Waals surface area (Å²) in [6.45, 7) is 0. The molecule has 39 heavy (non-hydrogen) atoms. The zero-order chi connectivity index (χ0) is 29.1. The number of halogens is 1. The molecule has 0 aromatic heterocycles. The Morgan fingerprint density at radius 3 is 0.667 bits per heavy atom. The highest BCUT2D eigenvalue weighted by molar-refractivity contribution is 7.81. The standard InChI is InChI=1S/C27H33O9P.CH3Cl/c1-28-16-10-19(31-4)25(20(11-16)32-5)37(26-21(33-6)12-17(29-2)13-22(26)34-7)27-23(35-8)14-18(30-3)15-24(27)36-9;1-2/h10-15H,1-9H3;1H3. The fourth-order valence-electron chi connectivity index (χ4n) is 3.96. The van der Waals surface area contributed by atoms with Crippen LogP contribution in [0.25, 0.3) is 0 Å². The zero-order valence-corrected chi connectivity index (χ0v) is 25.6. The molecule has 0 spiro atoms. The molecule has 0 heterocycles. The second-order valence-corrected chi connectivity index (χ2v) is 9.49. The molecule has 0 amide bonds. The average molecular weight is 583 g/mol. The topological polar surface area (TPSA) is 83.1 Å². The second-order valence-electron chi connectivity index (χ2n) is 7.48. The highest BCUT2D eigenvalue weighted by Gasteiger charge is 2.36. The van der Waals surface area contributed by atoms with Gasteiger partial charge < -0.3 is 42.6 Å². The van der Waals surface area contributed by atoms with Crippen molar-refractivity contribution >= 4 is 35.4 Å². The maximum atomic E-state index is 5.88. The molecule has 3 rings (SSSR count). The number of alkyl halides is 1. The lowest BCUT2D eigenvalue weighted by molar-refractivity contribution is 0.378. The first-order valence-electron chi connectivity index (χ1n) is 11.5. The summed E-state index contributed by atoms with van der Waals surface area (Å²) in [4.78, 5) is 0. The summed E-state index contributed by atoms with van der Waals surface area (Å²) in [7, 11) is 12.7. The van der Waals surface area contributed by atoms with E-state index < -0.39 is 7.92 Å². The third-order valence-electron chi connectivity index (χ3n) is 5.74. The molecule has 0 fully saturated rings. The SMILES string of the molecule is CCl.COc1cc(OC)c(P(c2c(OC)cc(OC)cc2OC)c2c(OC)cc(OC)cc2OC)c(OC)c1. The quantitative estimate of drug-likeness (QED) is 0.228. The van der Waals surface area contributed by atoms with Crippen LogP contribution >= 0.6 is 19.5 Å². The maximum absolute atomic E-state index is 5.88. The van der Waals surface area contributed by atoms with Crippen LogP contribution in [0.3, 0.4) is 0 Å². The molecular weight excluding hydrogens is 547 g/mol. The molecule has 0 bridgehead atoms. The Morgan fingerprint density at radius 1 is 0.359 bits per heavy atom. The van der Waals surface area contributed by atoms with E-state index in [1.54, 1.807) is 100 Å². The van der Waals surface area contributed by atoms with E-state index in [9.17, 15) is 0 Å². The van der Waals surface area contributed by atoms with E-state index in [1.165, 1.54) is 6.38 Å². The van der Waals surface area contributed by atoms with Gasteiger partial charge in [0.05, 0.1) is 79.9 Å². The number of hydrogen-bond donors (Lipinski definition) is 0. The molecule has 3 aromatic rings. The van der Waals surface area contributed by atoms with Crippen LogP contribution in [0.4, 0.5) is 0 Å². The molecule has 3 aromatic carbocycles. The van der Waals surface area contributed by atoms with E-state index in [0.29, 0.717) is 51.7 Å². The molecule has 0 radical (unpaired) electrons. The Morgan fingerprint density at radius 2 is 0.538 bits per heavy atom. The van der Waals surface area contributed by atoms with Gasteiger partial charge in [0, 0.05) is 50.7 Å². The Hall–Kier alpha value is -3.42. The van der Waals surface area contributed by atoms with Gasteiger partial charge in [-0.1, -0.05) is 0 Å². The van der Waals surface area contributed by atoms with Crippen LogP contribution in [-0.2, 0) is 0 Å². The highest BCUT2D eigenvalue weighted by Crippen LogP contribution is 2.51. The van der Waals surface area contributed by atoms with Gasteiger partial charge in [-0.05, 0) is 0 Å². The van der Waals surface area contributed by atoms with Crippen LogP contribution in [-0.4, -0.2) is 70.4 Å². The predicted octanol–water partition coefficient (Wildman–Crippen LogP) is 4.38. The molecule has 0 saturated heterocycles. The van der Waals surface area contributed by atoms with Crippen LogP contribution in [0, 0.1) is 0 Å². The van der Waals surface area contributed by atoms with Crippen molar-refractivity contribution in [1.82, 2.24) is 0 Å². The zero-order valence-electron chi connectivity index (χ0n) is 24.0. The number of ether oxygens (including phenoxy) is 9. The molecule has 0 saturated carbocycles. The van der Waals surface area contributed by atoms with E-state index >= 15 is 0 Å². The van der Waals surface area contributed by atoms with Gasteiger partial charge in [-0.15, -0.1) is 11.6 Å². The number of benzene rings is 3. The highest BCUT2D eigenvalue weighted by atomic mass is 35.5. The van der Waals surface area contributed by atoms with Gasteiger partial charge in [-0.3, -0.25) is 0 Å². The summed E-state index contributed by atoms with van der Waals surface area (Å²) < 4.78 is 51.8. The van der Waals surface area contributed by atoms with E-state index in [2.05, 4.69) is 11.6 Å². The van der Waals surface area contributed by atoms with Crippen molar-refractivity contribution in [2.45, 2.75) is 0 Å². The van der Waals surface area contributed by atoms with E-state index in [-0.39, 0.29) is 0 Å². The summed E-state index contributed by atoms with van der Waals surface area (Å²) in [6, 6.07) is 10.8. The van der Waals surface area contributed by atoms with Gasteiger partial charge in [-0.2, -0.15) is 0 Å². The van der Waals surface area contributed by atoms with Gasteiger partial charge in [0.25, 0.3) is 0 Å². The number of rotatable bonds is 12. The van der Waals surface area contributed by atoms with Crippen molar-refractivity contribution in [3.63, 3.8) is 0 Å². The van der Waals surface area contributed by atoms with Crippen LogP contribution in [0.15, 0.2) is 36.4 Å². The first-order chi connectivity index (χ1) is 18.9. The van der Waals surface area contributed by atoms with Crippen molar-refractivity contribution in [1.29, 1.82) is 0 Å². The van der Waals surface area contributed by atoms with Crippen molar-refractivity contribution < 1.29 is 42.6 Å². The Kier molecular flexibility index (Phi) is 12.4. The van der Waals surface area contributed by atoms with E-state index in [1.807, 2.05) is 0 Å². The van der Waals surface area contributed by atoms with Gasteiger partial charge in [0.1, 0.15) is 51.7 Å². The molecular formula is C28H36ClO9P. The average Bonchev–Trinajstić information content (AvgIpc) is 3.01. The molecule has 0 atom stereocenters. The largest absolute Gasteiger partial charge is 0.496 e. The molecule has 11 heteroatoms. The lowest BCUT2D eigenvalue weighted by Crippen LogP contribution is -2.27. The Balaban J connectivity index is 0.00000260. The summed E-state index contributed by atoms with van der Waals surface area (Å²) >= 11 is 4.64. The van der Waals surface area contributed by atoms with Gasteiger partial charge >= 0.3 is 0 Å². The predicted molar refractivity (Wildman–Crippen MR) is 156 cm³/mol. The monoisotopic (exact) mass is 582 g/mol. The minimum atomic E-state index is -1.57. The Bertz CT molecular complexity index is 1010. The van der Waals surface area contributed by atoms with Gasteiger partial charge in [0.2, 0.25) is 0 Å². The van der Waals surface area contributed by atoms with Crippen LogP contribution in [0.2, 0.25) is 0 Å². The number of methoxy groups -OCH3 is 9. The molecule has 0 aliphatic carbocycles. The molecule has 0 aliphatic heterocycles. The lowest BCUT2D eigenvalue weighted by atomic mass is 10.3. The summed E-state index contributed by atoms with van der Waals surface area (Å²) in [5.74, 6) is 5.00. The normalized spacial score (nSPS) is 10.2. The van der Waals surface area contributed by atoms with Crippen molar-refractivity contribution in [3.05, 3.63) is 36.4 Å². The number of hydrogen-bond acceptors (Lipinski definition) is 9. The van der Waals surface area contributed by atoms with Crippen LogP contribution in [0.5, 0.6) is 51.7 Å². The maximum Gasteiger partial charge on any atom is 0.134 e. The van der Waals surface area contributed by atoms with Gasteiger partial charge in [0.15, 0.2) is 0 Å². The van der Waals surface area contributed by atoms with Crippen LogP contribution < -0.4 is 58.5 Å². The van der Waals surface area contributed by atoms with Crippen LogP contribution in [0.1, 0.15) is 0 Å². The van der Waals surface area contributed by atoms with Crippen molar-refractivity contribution in [2.24, 2.45) is 0 Å². The third-order valence-corrected chi connectivity index (χ3v) is 8.40. The smallest absolute Gasteiger partial charge is 0.134 e. The van der Waals surface area contributed by atoms with E-state index in [0.717, 1.165) is 15.9 Å². The third kappa shape index (κ3) is 6.60. The summed E-state index contributed by atoms with van der Waals surface area (Å²) in [5, 5.41) is 2.22. The Labute approximate surface area is 236 Å². The first-order valence-corrected chi connectivity index (χ1v) is 13.6.